The fraction of sp³-hybridized carbons (Fsp3) is 0.736. The molecule has 0 bridgehead atoms. The van der Waals surface area contributed by atoms with Gasteiger partial charge in [0.05, 0.1) is 0 Å². The van der Waals surface area contributed by atoms with Gasteiger partial charge in [-0.05, 0) is 122 Å². The van der Waals surface area contributed by atoms with Gasteiger partial charge in [-0.15, -0.1) is 0 Å². The molecule has 1 atom stereocenters. The van der Waals surface area contributed by atoms with Gasteiger partial charge in [0.25, 0.3) is 0 Å². The van der Waals surface area contributed by atoms with Crippen molar-refractivity contribution in [1.82, 2.24) is 0 Å². The van der Waals surface area contributed by atoms with E-state index in [4.69, 9.17) is 14.2 Å². The first kappa shape index (κ1) is 74.3. The average molecular weight is 1090 g/mol. The first-order valence-electron chi connectivity index (χ1n) is 33.2. The third-order valence-electron chi connectivity index (χ3n) is 14.3. The van der Waals surface area contributed by atoms with Crippen LogP contribution >= 0.6 is 0 Å². The van der Waals surface area contributed by atoms with Gasteiger partial charge in [0.1, 0.15) is 13.2 Å². The number of allylic oxidation sites excluding steroid dienone is 16. The molecule has 0 aromatic carbocycles. The zero-order chi connectivity index (χ0) is 56.4. The van der Waals surface area contributed by atoms with Crippen LogP contribution in [0.25, 0.3) is 0 Å². The third-order valence-corrected chi connectivity index (χ3v) is 14.3. The number of carbonyl (C=O) groups is 3. The molecule has 0 fully saturated rings. The van der Waals surface area contributed by atoms with Gasteiger partial charge in [0.15, 0.2) is 6.10 Å². The number of ether oxygens (including phenoxy) is 3. The Bertz CT molecular complexity index is 1530. The van der Waals surface area contributed by atoms with Crippen molar-refractivity contribution in [2.75, 3.05) is 13.2 Å². The molecule has 0 aliphatic carbocycles. The predicted octanol–water partition coefficient (Wildman–Crippen LogP) is 22.8. The van der Waals surface area contributed by atoms with Crippen molar-refractivity contribution in [3.8, 4) is 0 Å². The molecule has 0 aliphatic rings. The van der Waals surface area contributed by atoms with Crippen LogP contribution in [0, 0.1) is 0 Å². The molecule has 0 heterocycles. The number of esters is 3. The highest BCUT2D eigenvalue weighted by Crippen LogP contribution is 2.16. The normalized spacial score (nSPS) is 12.7. The van der Waals surface area contributed by atoms with Gasteiger partial charge >= 0.3 is 17.9 Å². The molecular weight excluding hydrogens is 961 g/mol. The smallest absolute Gasteiger partial charge is 0.306 e. The molecule has 0 spiro atoms. The van der Waals surface area contributed by atoms with Crippen LogP contribution < -0.4 is 0 Å². The summed E-state index contributed by atoms with van der Waals surface area (Å²) >= 11 is 0. The Labute approximate surface area is 483 Å². The fourth-order valence-corrected chi connectivity index (χ4v) is 9.32. The van der Waals surface area contributed by atoms with E-state index in [1.165, 1.54) is 173 Å². The molecule has 0 rings (SSSR count). The minimum atomic E-state index is -0.787. The molecule has 0 amide bonds. The van der Waals surface area contributed by atoms with Crippen LogP contribution in [0.4, 0.5) is 0 Å². The van der Waals surface area contributed by atoms with Gasteiger partial charge in [-0.25, -0.2) is 0 Å². The van der Waals surface area contributed by atoms with Gasteiger partial charge in [0, 0.05) is 19.3 Å². The molecule has 0 radical (unpaired) electrons. The summed E-state index contributed by atoms with van der Waals surface area (Å²) in [6.07, 6.45) is 88.5. The topological polar surface area (TPSA) is 78.9 Å². The van der Waals surface area contributed by atoms with E-state index in [-0.39, 0.29) is 31.1 Å². The lowest BCUT2D eigenvalue weighted by molar-refractivity contribution is -0.167. The van der Waals surface area contributed by atoms with E-state index in [0.29, 0.717) is 19.3 Å². The van der Waals surface area contributed by atoms with Crippen LogP contribution in [0.15, 0.2) is 97.2 Å². The molecule has 6 heteroatoms. The zero-order valence-corrected chi connectivity index (χ0v) is 51.4. The fourth-order valence-electron chi connectivity index (χ4n) is 9.32. The van der Waals surface area contributed by atoms with Crippen LogP contribution in [-0.2, 0) is 28.6 Å². The Kier molecular flexibility index (Phi) is 62.7. The average Bonchev–Trinajstić information content (AvgIpc) is 3.44. The number of carbonyl (C=O) groups excluding carboxylic acids is 3. The lowest BCUT2D eigenvalue weighted by atomic mass is 10.1. The molecule has 0 aromatic heterocycles. The number of hydrogen-bond acceptors (Lipinski definition) is 6. The van der Waals surface area contributed by atoms with E-state index in [1.54, 1.807) is 0 Å². The van der Waals surface area contributed by atoms with E-state index >= 15 is 0 Å². The molecule has 0 N–H and O–H groups in total. The van der Waals surface area contributed by atoms with E-state index < -0.39 is 6.10 Å². The summed E-state index contributed by atoms with van der Waals surface area (Å²) < 4.78 is 16.9. The summed E-state index contributed by atoms with van der Waals surface area (Å²) in [5.41, 5.74) is 0. The second-order valence-corrected chi connectivity index (χ2v) is 22.0. The predicted molar refractivity (Wildman–Crippen MR) is 339 cm³/mol. The van der Waals surface area contributed by atoms with Crippen LogP contribution in [0.3, 0.4) is 0 Å². The highest BCUT2D eigenvalue weighted by atomic mass is 16.6. The minimum absolute atomic E-state index is 0.0839. The Balaban J connectivity index is 4.31. The van der Waals surface area contributed by atoms with Crippen molar-refractivity contribution in [3.63, 3.8) is 0 Å². The molecule has 78 heavy (non-hydrogen) atoms. The van der Waals surface area contributed by atoms with E-state index in [0.717, 1.165) is 109 Å². The van der Waals surface area contributed by atoms with E-state index in [9.17, 15) is 14.4 Å². The summed E-state index contributed by atoms with van der Waals surface area (Å²) in [5, 5.41) is 0. The van der Waals surface area contributed by atoms with Crippen LogP contribution in [0.2, 0.25) is 0 Å². The SMILES string of the molecule is CC/C=C\C/C=C\C/C=C\C/C=C\C/C=C\C/C=C\CCCCCCCCCCC(=O)OCC(COC(=O)CCCCCCC/C=C\CCCCC)OC(=O)CCCCCCCCCCC/C=C\CCCCCCCCCC. The Hall–Kier alpha value is -3.67. The minimum Gasteiger partial charge on any atom is -0.462 e. The Morgan fingerprint density at radius 1 is 0.269 bits per heavy atom. The standard InChI is InChI=1S/C72H124O6/c1-4-7-10-13-16-19-22-25-27-29-31-33-34-35-36-37-38-40-41-43-45-47-50-53-56-59-62-65-71(74)77-68-69(67-76-70(73)64-61-58-55-52-49-24-21-18-15-12-9-6-3)78-72(75)66-63-60-57-54-51-48-46-44-42-39-32-30-28-26-23-20-17-14-11-8-5-2/h7,10,16,18-19,21,25,27,30-33,35-36,38,40,69H,4-6,8-9,11-15,17,20,22-24,26,28-29,34,37,39,41-68H2,1-3H3/b10-7-,19-16-,21-18-,27-25-,32-30-,33-31-,36-35-,40-38-. The third kappa shape index (κ3) is 63.2. The quantitative estimate of drug-likeness (QED) is 0.0261. The van der Waals surface area contributed by atoms with E-state index in [1.807, 2.05) is 0 Å². The molecular formula is C72H124O6. The maximum absolute atomic E-state index is 12.9. The van der Waals surface area contributed by atoms with Crippen molar-refractivity contribution < 1.29 is 28.6 Å². The van der Waals surface area contributed by atoms with Crippen LogP contribution in [0.1, 0.15) is 323 Å². The van der Waals surface area contributed by atoms with Gasteiger partial charge in [-0.3, -0.25) is 14.4 Å². The van der Waals surface area contributed by atoms with Crippen molar-refractivity contribution in [3.05, 3.63) is 97.2 Å². The zero-order valence-electron chi connectivity index (χ0n) is 51.4. The maximum Gasteiger partial charge on any atom is 0.306 e. The second kappa shape index (κ2) is 65.8. The summed E-state index contributed by atoms with van der Waals surface area (Å²) in [5.74, 6) is -0.892. The largest absolute Gasteiger partial charge is 0.462 e. The first-order valence-corrected chi connectivity index (χ1v) is 33.2. The second-order valence-electron chi connectivity index (χ2n) is 22.0. The van der Waals surface area contributed by atoms with Gasteiger partial charge in [-0.2, -0.15) is 0 Å². The molecule has 6 nitrogen and oxygen atoms in total. The van der Waals surface area contributed by atoms with Crippen LogP contribution in [-0.4, -0.2) is 37.2 Å². The van der Waals surface area contributed by atoms with E-state index in [2.05, 4.69) is 118 Å². The highest BCUT2D eigenvalue weighted by molar-refractivity contribution is 5.71. The molecule has 448 valence electrons. The molecule has 1 unspecified atom stereocenters. The van der Waals surface area contributed by atoms with Gasteiger partial charge in [0.2, 0.25) is 0 Å². The van der Waals surface area contributed by atoms with Crippen LogP contribution in [0.5, 0.6) is 0 Å². The summed E-state index contributed by atoms with van der Waals surface area (Å²) in [6, 6.07) is 0. The Morgan fingerprint density at radius 2 is 0.500 bits per heavy atom. The van der Waals surface area contributed by atoms with Gasteiger partial charge in [-0.1, -0.05) is 279 Å². The maximum atomic E-state index is 12.9. The molecule has 0 saturated heterocycles. The monoisotopic (exact) mass is 1080 g/mol. The summed E-state index contributed by atoms with van der Waals surface area (Å²) in [6.45, 7) is 6.52. The van der Waals surface area contributed by atoms with Crippen molar-refractivity contribution in [1.29, 1.82) is 0 Å². The molecule has 0 aliphatic heterocycles. The highest BCUT2D eigenvalue weighted by Gasteiger charge is 2.19. The summed E-state index contributed by atoms with van der Waals surface area (Å²) in [4.78, 5) is 38.3. The first-order chi connectivity index (χ1) is 38.5. The van der Waals surface area contributed by atoms with Gasteiger partial charge < -0.3 is 14.2 Å². The van der Waals surface area contributed by atoms with Crippen molar-refractivity contribution in [2.45, 2.75) is 329 Å². The summed E-state index contributed by atoms with van der Waals surface area (Å²) in [7, 11) is 0. The molecule has 0 saturated carbocycles. The number of hydrogen-bond donors (Lipinski definition) is 0. The van der Waals surface area contributed by atoms with Crippen molar-refractivity contribution >= 4 is 17.9 Å². The lowest BCUT2D eigenvalue weighted by Crippen LogP contribution is -2.30. The number of unbranched alkanes of at least 4 members (excludes halogenated alkanes) is 33. The lowest BCUT2D eigenvalue weighted by Gasteiger charge is -2.18. The number of rotatable bonds is 60. The van der Waals surface area contributed by atoms with Crippen molar-refractivity contribution in [2.24, 2.45) is 0 Å². The Morgan fingerprint density at radius 3 is 0.821 bits per heavy atom. The molecule has 0 aromatic rings.